The van der Waals surface area contributed by atoms with E-state index in [4.69, 9.17) is 16.7 Å². The predicted octanol–water partition coefficient (Wildman–Crippen LogP) is 2.21. The van der Waals surface area contributed by atoms with Crippen molar-refractivity contribution in [1.29, 1.82) is 0 Å². The number of amides is 1. The molecule has 0 bridgehead atoms. The molecule has 1 amide bonds. The summed E-state index contributed by atoms with van der Waals surface area (Å²) in [7, 11) is 0. The fourth-order valence-corrected chi connectivity index (χ4v) is 1.01. The van der Waals surface area contributed by atoms with Crippen LogP contribution in [0.25, 0.3) is 0 Å². The number of nitrogens with zero attached hydrogens (tertiary/aromatic N) is 1. The van der Waals surface area contributed by atoms with Crippen LogP contribution in [0.15, 0.2) is 0 Å². The number of rotatable bonds is 3. The van der Waals surface area contributed by atoms with Crippen molar-refractivity contribution in [2.45, 2.75) is 26.8 Å². The first-order chi connectivity index (χ1) is 5.00. The fourth-order valence-electron chi connectivity index (χ4n) is 0.694. The first-order valence-corrected chi connectivity index (χ1v) is 4.09. The largest absolute Gasteiger partial charge is 0.465 e. The van der Waals surface area contributed by atoms with Crippen LogP contribution in [0.4, 0.5) is 4.79 Å². The molecule has 0 saturated carbocycles. The highest BCUT2D eigenvalue weighted by Gasteiger charge is 2.20. The highest BCUT2D eigenvalue weighted by Crippen LogP contribution is 2.10. The molecule has 0 aromatic rings. The monoisotopic (exact) mass is 179 g/mol. The van der Waals surface area contributed by atoms with Gasteiger partial charge in [0.1, 0.15) is 0 Å². The van der Waals surface area contributed by atoms with Crippen LogP contribution in [-0.2, 0) is 0 Å². The number of hydrogen-bond acceptors (Lipinski definition) is 1. The highest BCUT2D eigenvalue weighted by molar-refractivity contribution is 6.18. The molecule has 0 rings (SSSR count). The summed E-state index contributed by atoms with van der Waals surface area (Å²) >= 11 is 5.45. The molecular weight excluding hydrogens is 166 g/mol. The fraction of sp³-hybridized carbons (Fsp3) is 0.857. The van der Waals surface area contributed by atoms with E-state index in [1.807, 2.05) is 20.8 Å². The maximum Gasteiger partial charge on any atom is 0.408 e. The van der Waals surface area contributed by atoms with Crippen LogP contribution in [0.5, 0.6) is 0 Å². The predicted molar refractivity (Wildman–Crippen MR) is 44.9 cm³/mol. The smallest absolute Gasteiger partial charge is 0.408 e. The summed E-state index contributed by atoms with van der Waals surface area (Å²) in [4.78, 5) is 11.7. The molecule has 0 aromatic carbocycles. The molecule has 0 saturated heterocycles. The Morgan fingerprint density at radius 2 is 2.00 bits per heavy atom. The topological polar surface area (TPSA) is 40.5 Å². The lowest BCUT2D eigenvalue weighted by Crippen LogP contribution is -2.39. The Balaban J connectivity index is 4.14. The van der Waals surface area contributed by atoms with Gasteiger partial charge >= 0.3 is 6.09 Å². The van der Waals surface area contributed by atoms with Gasteiger partial charge in [-0.25, -0.2) is 4.79 Å². The summed E-state index contributed by atoms with van der Waals surface area (Å²) in [5, 5.41) is 8.63. The molecule has 0 aliphatic heterocycles. The molecule has 1 unspecified atom stereocenters. The number of carbonyl (C=O) groups is 1. The van der Waals surface area contributed by atoms with Crippen molar-refractivity contribution in [2.24, 2.45) is 5.92 Å². The van der Waals surface area contributed by atoms with E-state index in [0.29, 0.717) is 5.92 Å². The van der Waals surface area contributed by atoms with Gasteiger partial charge in [0.05, 0.1) is 6.00 Å². The minimum atomic E-state index is -0.957. The molecule has 1 N–H and O–H groups in total. The standard InChI is InChI=1S/C7H14ClNO2/c1-5(2)6(3)9(4-8)7(10)11/h5-6H,4H2,1-3H3,(H,10,11). The zero-order chi connectivity index (χ0) is 9.02. The summed E-state index contributed by atoms with van der Waals surface area (Å²) in [5.41, 5.74) is 0. The molecule has 0 radical (unpaired) electrons. The maximum atomic E-state index is 10.5. The van der Waals surface area contributed by atoms with Gasteiger partial charge in [0, 0.05) is 6.04 Å². The first kappa shape index (κ1) is 10.6. The molecular formula is C7H14ClNO2. The third-order valence-corrected chi connectivity index (χ3v) is 2.09. The van der Waals surface area contributed by atoms with Crippen LogP contribution >= 0.6 is 11.6 Å². The molecule has 0 spiro atoms. The van der Waals surface area contributed by atoms with Gasteiger partial charge in [0.25, 0.3) is 0 Å². The summed E-state index contributed by atoms with van der Waals surface area (Å²) in [6, 6.07) is 0.0132. The van der Waals surface area contributed by atoms with Crippen molar-refractivity contribution in [1.82, 2.24) is 4.90 Å². The summed E-state index contributed by atoms with van der Waals surface area (Å²) in [5.74, 6) is 0.296. The zero-order valence-corrected chi connectivity index (χ0v) is 7.80. The second kappa shape index (κ2) is 4.44. The Kier molecular flexibility index (Phi) is 4.26. The van der Waals surface area contributed by atoms with Gasteiger partial charge in [-0.05, 0) is 12.8 Å². The molecule has 0 fully saturated rings. The van der Waals surface area contributed by atoms with Gasteiger partial charge in [-0.1, -0.05) is 13.8 Å². The minimum Gasteiger partial charge on any atom is -0.465 e. The van der Waals surface area contributed by atoms with Crippen LogP contribution in [0.2, 0.25) is 0 Å². The van der Waals surface area contributed by atoms with Gasteiger partial charge in [-0.15, -0.1) is 11.6 Å². The first-order valence-electron chi connectivity index (χ1n) is 3.56. The minimum absolute atomic E-state index is 0.0231. The average Bonchev–Trinajstić information content (AvgIpc) is 1.88. The maximum absolute atomic E-state index is 10.5. The zero-order valence-electron chi connectivity index (χ0n) is 7.04. The molecule has 3 nitrogen and oxygen atoms in total. The van der Waals surface area contributed by atoms with E-state index in [0.717, 1.165) is 0 Å². The Morgan fingerprint density at radius 3 is 2.09 bits per heavy atom. The molecule has 0 aromatic heterocycles. The quantitative estimate of drug-likeness (QED) is 0.533. The number of alkyl halides is 1. The highest BCUT2D eigenvalue weighted by atomic mass is 35.5. The van der Waals surface area contributed by atoms with E-state index in [9.17, 15) is 4.79 Å². The Hall–Kier alpha value is -0.440. The van der Waals surface area contributed by atoms with Crippen molar-refractivity contribution in [3.63, 3.8) is 0 Å². The summed E-state index contributed by atoms with van der Waals surface area (Å²) in [6.07, 6.45) is -0.957. The van der Waals surface area contributed by atoms with Crippen LogP contribution < -0.4 is 0 Å². The van der Waals surface area contributed by atoms with Crippen molar-refractivity contribution < 1.29 is 9.90 Å². The van der Waals surface area contributed by atoms with Gasteiger partial charge in [0.15, 0.2) is 0 Å². The molecule has 0 aliphatic carbocycles. The molecule has 66 valence electrons. The van der Waals surface area contributed by atoms with Crippen LogP contribution in [0.3, 0.4) is 0 Å². The van der Waals surface area contributed by atoms with Crippen LogP contribution in [-0.4, -0.2) is 28.1 Å². The van der Waals surface area contributed by atoms with Crippen LogP contribution in [0, 0.1) is 5.92 Å². The third kappa shape index (κ3) is 2.97. The van der Waals surface area contributed by atoms with Gasteiger partial charge in [-0.3, -0.25) is 4.90 Å². The molecule has 4 heteroatoms. The number of carboxylic acid groups (broad SMARTS) is 1. The van der Waals surface area contributed by atoms with E-state index in [2.05, 4.69) is 0 Å². The van der Waals surface area contributed by atoms with E-state index in [1.165, 1.54) is 4.90 Å². The normalized spacial score (nSPS) is 13.2. The molecule has 0 aliphatic rings. The SMILES string of the molecule is CC(C)C(C)N(CCl)C(=O)O. The summed E-state index contributed by atoms with van der Waals surface area (Å²) < 4.78 is 0. The lowest BCUT2D eigenvalue weighted by molar-refractivity contribution is 0.126. The lowest BCUT2D eigenvalue weighted by Gasteiger charge is -2.26. The molecule has 1 atom stereocenters. The second-order valence-corrected chi connectivity index (χ2v) is 3.10. The number of halogens is 1. The van der Waals surface area contributed by atoms with E-state index < -0.39 is 6.09 Å². The lowest BCUT2D eigenvalue weighted by atomic mass is 10.1. The number of hydrogen-bond donors (Lipinski definition) is 1. The Morgan fingerprint density at radius 1 is 1.55 bits per heavy atom. The van der Waals surface area contributed by atoms with Gasteiger partial charge in [0.2, 0.25) is 0 Å². The van der Waals surface area contributed by atoms with Crippen molar-refractivity contribution in [2.75, 3.05) is 6.00 Å². The Labute approximate surface area is 71.9 Å². The van der Waals surface area contributed by atoms with Crippen molar-refractivity contribution >= 4 is 17.7 Å². The van der Waals surface area contributed by atoms with E-state index >= 15 is 0 Å². The van der Waals surface area contributed by atoms with Crippen molar-refractivity contribution in [3.05, 3.63) is 0 Å². The van der Waals surface area contributed by atoms with E-state index in [-0.39, 0.29) is 12.0 Å². The van der Waals surface area contributed by atoms with Gasteiger partial charge in [-0.2, -0.15) is 0 Å². The molecule has 11 heavy (non-hydrogen) atoms. The average molecular weight is 180 g/mol. The Bertz CT molecular complexity index is 138. The third-order valence-electron chi connectivity index (χ3n) is 1.83. The van der Waals surface area contributed by atoms with Crippen LogP contribution in [0.1, 0.15) is 20.8 Å². The van der Waals surface area contributed by atoms with Gasteiger partial charge < -0.3 is 5.11 Å². The second-order valence-electron chi connectivity index (χ2n) is 2.86. The molecule has 0 heterocycles. The van der Waals surface area contributed by atoms with Crippen molar-refractivity contribution in [3.8, 4) is 0 Å². The summed E-state index contributed by atoms with van der Waals surface area (Å²) in [6.45, 7) is 5.78. The van der Waals surface area contributed by atoms with E-state index in [1.54, 1.807) is 0 Å².